The van der Waals surface area contributed by atoms with Gasteiger partial charge >= 0.3 is 0 Å². The van der Waals surface area contributed by atoms with Crippen molar-refractivity contribution in [2.75, 3.05) is 11.5 Å². The summed E-state index contributed by atoms with van der Waals surface area (Å²) in [5.74, 6) is 2.94. The molecular weight excluding hydrogens is 180 g/mol. The van der Waals surface area contributed by atoms with Crippen LogP contribution >= 0.6 is 11.8 Å². The van der Waals surface area contributed by atoms with Crippen molar-refractivity contribution in [1.82, 2.24) is 0 Å². The van der Waals surface area contributed by atoms with Gasteiger partial charge in [-0.3, -0.25) is 0 Å². The van der Waals surface area contributed by atoms with Crippen molar-refractivity contribution in [1.29, 1.82) is 5.26 Å². The number of thioether (sulfide) groups is 1. The van der Waals surface area contributed by atoms with Gasteiger partial charge in [-0.2, -0.15) is 17.0 Å². The second kappa shape index (κ2) is 6.28. The van der Waals surface area contributed by atoms with E-state index in [9.17, 15) is 0 Å². The van der Waals surface area contributed by atoms with Gasteiger partial charge in [0.25, 0.3) is 0 Å². The molecule has 0 aromatic heterocycles. The van der Waals surface area contributed by atoms with Crippen LogP contribution in [0.3, 0.4) is 0 Å². The zero-order valence-corrected chi connectivity index (χ0v) is 9.66. The fourth-order valence-corrected chi connectivity index (χ4v) is 2.17. The van der Waals surface area contributed by atoms with Crippen LogP contribution in [0.25, 0.3) is 0 Å². The molecule has 0 aliphatic carbocycles. The molecule has 0 fully saturated rings. The number of nitrogens with zero attached hydrogens (tertiary/aromatic N) is 1. The summed E-state index contributed by atoms with van der Waals surface area (Å²) < 4.78 is 0. The van der Waals surface area contributed by atoms with Gasteiger partial charge in [-0.25, -0.2) is 0 Å². The van der Waals surface area contributed by atoms with E-state index in [1.165, 1.54) is 12.2 Å². The topological polar surface area (TPSA) is 49.8 Å². The lowest BCUT2D eigenvalue weighted by Gasteiger charge is -2.14. The van der Waals surface area contributed by atoms with Gasteiger partial charge in [0, 0.05) is 0 Å². The minimum Gasteiger partial charge on any atom is -0.314 e. The summed E-state index contributed by atoms with van der Waals surface area (Å²) in [7, 11) is 0. The molecule has 0 saturated heterocycles. The Morgan fingerprint density at radius 1 is 1.46 bits per heavy atom. The van der Waals surface area contributed by atoms with Crippen LogP contribution in [0.5, 0.6) is 0 Å². The average molecular weight is 200 g/mol. The monoisotopic (exact) mass is 200 g/mol. The molecular formula is C10H20N2S. The zero-order valence-electron chi connectivity index (χ0n) is 8.84. The SMILES string of the molecule is CC(C)CCSCCC(C)(N)C#N. The van der Waals surface area contributed by atoms with Crippen LogP contribution in [0.1, 0.15) is 33.6 Å². The molecule has 0 bridgehead atoms. The van der Waals surface area contributed by atoms with Crippen LogP contribution in [0.15, 0.2) is 0 Å². The Morgan fingerprint density at radius 3 is 2.54 bits per heavy atom. The molecule has 0 saturated carbocycles. The smallest absolute Gasteiger partial charge is 0.102 e. The maximum atomic E-state index is 8.65. The van der Waals surface area contributed by atoms with Crippen LogP contribution in [0.2, 0.25) is 0 Å². The molecule has 0 aliphatic rings. The molecule has 0 rings (SSSR count). The summed E-state index contributed by atoms with van der Waals surface area (Å²) >= 11 is 1.89. The van der Waals surface area contributed by atoms with Gasteiger partial charge in [-0.05, 0) is 37.2 Å². The maximum absolute atomic E-state index is 8.65. The van der Waals surface area contributed by atoms with Gasteiger partial charge in [0.05, 0.1) is 6.07 Å². The summed E-state index contributed by atoms with van der Waals surface area (Å²) in [5.41, 5.74) is 5.05. The molecule has 0 amide bonds. The van der Waals surface area contributed by atoms with Gasteiger partial charge in [-0.1, -0.05) is 13.8 Å². The molecule has 13 heavy (non-hydrogen) atoms. The highest BCUT2D eigenvalue weighted by atomic mass is 32.2. The number of rotatable bonds is 6. The molecule has 1 unspecified atom stereocenters. The molecule has 0 aromatic rings. The van der Waals surface area contributed by atoms with Gasteiger partial charge in [0.2, 0.25) is 0 Å². The Balaban J connectivity index is 3.32. The highest BCUT2D eigenvalue weighted by Crippen LogP contribution is 2.13. The number of hydrogen-bond acceptors (Lipinski definition) is 3. The number of nitriles is 1. The van der Waals surface area contributed by atoms with Crippen LogP contribution in [0, 0.1) is 17.2 Å². The quantitative estimate of drug-likeness (QED) is 0.670. The summed E-state index contributed by atoms with van der Waals surface area (Å²) in [6.45, 7) is 6.24. The molecule has 3 heteroatoms. The molecule has 0 spiro atoms. The maximum Gasteiger partial charge on any atom is 0.102 e. The minimum absolute atomic E-state index is 0.634. The van der Waals surface area contributed by atoms with E-state index < -0.39 is 5.54 Å². The minimum atomic E-state index is -0.634. The molecule has 0 aliphatic heterocycles. The van der Waals surface area contributed by atoms with Crippen molar-refractivity contribution in [2.24, 2.45) is 11.7 Å². The largest absolute Gasteiger partial charge is 0.314 e. The molecule has 0 heterocycles. The summed E-state index contributed by atoms with van der Waals surface area (Å²) in [4.78, 5) is 0. The van der Waals surface area contributed by atoms with Crippen molar-refractivity contribution < 1.29 is 0 Å². The molecule has 2 N–H and O–H groups in total. The highest BCUT2D eigenvalue weighted by molar-refractivity contribution is 7.99. The fourth-order valence-electron chi connectivity index (χ4n) is 0.761. The number of nitrogens with two attached hydrogens (primary N) is 1. The Kier molecular flexibility index (Phi) is 6.19. The van der Waals surface area contributed by atoms with E-state index in [4.69, 9.17) is 11.0 Å². The van der Waals surface area contributed by atoms with Gasteiger partial charge in [0.1, 0.15) is 5.54 Å². The van der Waals surface area contributed by atoms with Gasteiger partial charge in [-0.15, -0.1) is 0 Å². The Morgan fingerprint density at radius 2 is 2.08 bits per heavy atom. The predicted molar refractivity (Wildman–Crippen MR) is 59.6 cm³/mol. The van der Waals surface area contributed by atoms with E-state index in [0.29, 0.717) is 0 Å². The van der Waals surface area contributed by atoms with Crippen LogP contribution in [-0.2, 0) is 0 Å². The highest BCUT2D eigenvalue weighted by Gasteiger charge is 2.15. The van der Waals surface area contributed by atoms with E-state index in [1.54, 1.807) is 6.92 Å². The van der Waals surface area contributed by atoms with Crippen molar-refractivity contribution in [3.8, 4) is 6.07 Å². The number of hydrogen-bond donors (Lipinski definition) is 1. The van der Waals surface area contributed by atoms with E-state index in [0.717, 1.165) is 18.1 Å². The second-order valence-corrected chi connectivity index (χ2v) is 5.30. The van der Waals surface area contributed by atoms with E-state index >= 15 is 0 Å². The molecule has 1 atom stereocenters. The van der Waals surface area contributed by atoms with E-state index in [1.807, 2.05) is 11.8 Å². The van der Waals surface area contributed by atoms with Crippen LogP contribution in [-0.4, -0.2) is 17.0 Å². The standard InChI is InChI=1S/C10H20N2S/c1-9(2)4-6-13-7-5-10(3,12)8-11/h9H,4-7,12H2,1-3H3. The third kappa shape index (κ3) is 8.14. The summed E-state index contributed by atoms with van der Waals surface area (Å²) in [5, 5.41) is 8.65. The first-order chi connectivity index (χ1) is 5.98. The van der Waals surface area contributed by atoms with Gasteiger partial charge in [0.15, 0.2) is 0 Å². The first kappa shape index (κ1) is 12.8. The second-order valence-electron chi connectivity index (χ2n) is 4.07. The molecule has 0 aromatic carbocycles. The van der Waals surface area contributed by atoms with Crippen molar-refractivity contribution in [2.45, 2.75) is 39.2 Å². The Hall–Kier alpha value is -0.200. The summed E-state index contributed by atoms with van der Waals surface area (Å²) in [6.07, 6.45) is 2.03. The van der Waals surface area contributed by atoms with Crippen LogP contribution in [0.4, 0.5) is 0 Å². The van der Waals surface area contributed by atoms with Crippen molar-refractivity contribution >= 4 is 11.8 Å². The lowest BCUT2D eigenvalue weighted by Crippen LogP contribution is -2.34. The summed E-state index contributed by atoms with van der Waals surface area (Å²) in [6, 6.07) is 2.11. The van der Waals surface area contributed by atoms with Crippen LogP contribution < -0.4 is 5.73 Å². The van der Waals surface area contributed by atoms with Gasteiger partial charge < -0.3 is 5.73 Å². The fraction of sp³-hybridized carbons (Fsp3) is 0.900. The third-order valence-electron chi connectivity index (χ3n) is 1.86. The molecule has 0 radical (unpaired) electrons. The molecule has 76 valence electrons. The first-order valence-electron chi connectivity index (χ1n) is 4.76. The third-order valence-corrected chi connectivity index (χ3v) is 2.88. The predicted octanol–water partition coefficient (Wildman–Crippen LogP) is 2.40. The van der Waals surface area contributed by atoms with E-state index in [-0.39, 0.29) is 0 Å². The first-order valence-corrected chi connectivity index (χ1v) is 5.91. The Bertz CT molecular complexity index is 170. The Labute approximate surface area is 85.9 Å². The molecule has 2 nitrogen and oxygen atoms in total. The zero-order chi connectivity index (χ0) is 10.3. The average Bonchev–Trinajstić information content (AvgIpc) is 2.03. The lowest BCUT2D eigenvalue weighted by atomic mass is 10.0. The lowest BCUT2D eigenvalue weighted by molar-refractivity contribution is 0.582. The van der Waals surface area contributed by atoms with E-state index in [2.05, 4.69) is 19.9 Å². The van der Waals surface area contributed by atoms with Crippen molar-refractivity contribution in [3.05, 3.63) is 0 Å². The normalized spacial score (nSPS) is 15.4. The van der Waals surface area contributed by atoms with Crippen molar-refractivity contribution in [3.63, 3.8) is 0 Å².